The summed E-state index contributed by atoms with van der Waals surface area (Å²) in [4.78, 5) is 20.1. The number of imidazole rings is 1. The molecule has 158 valence electrons. The molecular weight excluding hydrogens is 372 g/mol. The molecule has 0 unspecified atom stereocenters. The van der Waals surface area contributed by atoms with Gasteiger partial charge in [0.15, 0.2) is 0 Å². The van der Waals surface area contributed by atoms with E-state index in [-0.39, 0.29) is 11.8 Å². The quantitative estimate of drug-likeness (QED) is 0.612. The minimum absolute atomic E-state index is 0.0218. The van der Waals surface area contributed by atoms with Crippen molar-refractivity contribution in [1.82, 2.24) is 14.5 Å². The third-order valence-electron chi connectivity index (χ3n) is 6.05. The van der Waals surface area contributed by atoms with Crippen LogP contribution in [0.4, 0.5) is 5.69 Å². The normalized spacial score (nSPS) is 17.3. The number of nitrogens with one attached hydrogen (secondary N) is 1. The van der Waals surface area contributed by atoms with Gasteiger partial charge in [0.2, 0.25) is 5.91 Å². The summed E-state index contributed by atoms with van der Waals surface area (Å²) in [6.45, 7) is 7.84. The topological polar surface area (TPSA) is 50.2 Å². The van der Waals surface area contributed by atoms with E-state index in [0.29, 0.717) is 0 Å². The van der Waals surface area contributed by atoms with Crippen LogP contribution in [-0.4, -0.2) is 33.4 Å². The van der Waals surface area contributed by atoms with Crippen LogP contribution in [0.15, 0.2) is 48.5 Å². The number of para-hydroxylation sites is 2. The molecule has 0 aliphatic carbocycles. The third-order valence-corrected chi connectivity index (χ3v) is 6.05. The van der Waals surface area contributed by atoms with E-state index in [0.717, 1.165) is 68.9 Å². The highest BCUT2D eigenvalue weighted by Crippen LogP contribution is 2.23. The van der Waals surface area contributed by atoms with Crippen molar-refractivity contribution in [3.8, 4) is 0 Å². The van der Waals surface area contributed by atoms with Gasteiger partial charge in [-0.15, -0.1) is 0 Å². The number of carbonyl (C=O) groups is 1. The zero-order valence-corrected chi connectivity index (χ0v) is 18.1. The van der Waals surface area contributed by atoms with Crippen molar-refractivity contribution in [2.24, 2.45) is 5.92 Å². The molecular formula is C25H32N4O. The number of aryl methyl sites for hydroxylation is 2. The molecule has 2 aromatic carbocycles. The molecule has 1 N–H and O–H groups in total. The fourth-order valence-electron chi connectivity index (χ4n) is 4.50. The number of rotatable bonds is 7. The number of nitrogens with zero attached hydrogens (tertiary/aromatic N) is 3. The monoisotopic (exact) mass is 404 g/mol. The largest absolute Gasteiger partial charge is 0.327 e. The maximum absolute atomic E-state index is 12.9. The molecule has 4 rings (SSSR count). The minimum Gasteiger partial charge on any atom is -0.327 e. The van der Waals surface area contributed by atoms with E-state index in [2.05, 4.69) is 59.0 Å². The molecule has 1 fully saturated rings. The summed E-state index contributed by atoms with van der Waals surface area (Å²) in [5.41, 5.74) is 4.45. The molecule has 1 atom stereocenters. The van der Waals surface area contributed by atoms with E-state index in [1.165, 1.54) is 11.1 Å². The molecule has 0 spiro atoms. The molecule has 1 saturated heterocycles. The molecule has 5 nitrogen and oxygen atoms in total. The highest BCUT2D eigenvalue weighted by molar-refractivity contribution is 5.92. The fourth-order valence-corrected chi connectivity index (χ4v) is 4.50. The molecule has 1 aromatic heterocycles. The van der Waals surface area contributed by atoms with Gasteiger partial charge in [-0.3, -0.25) is 9.69 Å². The molecule has 5 heteroatoms. The number of hydrogen-bond acceptors (Lipinski definition) is 3. The van der Waals surface area contributed by atoms with Crippen molar-refractivity contribution < 1.29 is 4.79 Å². The van der Waals surface area contributed by atoms with Crippen molar-refractivity contribution in [2.75, 3.05) is 18.4 Å². The van der Waals surface area contributed by atoms with Crippen LogP contribution in [0.1, 0.15) is 44.5 Å². The summed E-state index contributed by atoms with van der Waals surface area (Å²) in [6.07, 6.45) is 4.20. The standard InChI is InChI=1S/C25H32N4O/c1-3-8-19-12-14-21(15-13-19)26-25(30)20-9-7-16-28(17-20)18-24-27-22-10-5-6-11-23(22)29(24)4-2/h5-6,10-15,20H,3-4,7-9,16-18H2,1-2H3,(H,26,30)/t20-/m1/s1. The first-order valence-corrected chi connectivity index (χ1v) is 11.2. The number of aromatic nitrogens is 2. The zero-order chi connectivity index (χ0) is 20.9. The van der Waals surface area contributed by atoms with E-state index >= 15 is 0 Å². The van der Waals surface area contributed by atoms with Gasteiger partial charge in [0.1, 0.15) is 5.82 Å². The third kappa shape index (κ3) is 4.57. The van der Waals surface area contributed by atoms with Crippen molar-refractivity contribution >= 4 is 22.6 Å². The van der Waals surface area contributed by atoms with Gasteiger partial charge in [-0.25, -0.2) is 4.98 Å². The van der Waals surface area contributed by atoms with Gasteiger partial charge >= 0.3 is 0 Å². The average molecular weight is 405 g/mol. The Hall–Kier alpha value is -2.66. The van der Waals surface area contributed by atoms with Gasteiger partial charge < -0.3 is 9.88 Å². The zero-order valence-electron chi connectivity index (χ0n) is 18.1. The summed E-state index contributed by atoms with van der Waals surface area (Å²) in [5, 5.41) is 3.12. The lowest BCUT2D eigenvalue weighted by Gasteiger charge is -2.31. The number of anilines is 1. The van der Waals surface area contributed by atoms with Crippen LogP contribution in [0.2, 0.25) is 0 Å². The first kappa shape index (κ1) is 20.6. The van der Waals surface area contributed by atoms with Gasteiger partial charge in [-0.2, -0.15) is 0 Å². The van der Waals surface area contributed by atoms with E-state index < -0.39 is 0 Å². The molecule has 1 aliphatic rings. The van der Waals surface area contributed by atoms with Crippen LogP contribution in [0.3, 0.4) is 0 Å². The molecule has 3 aromatic rings. The molecule has 0 saturated carbocycles. The van der Waals surface area contributed by atoms with Crippen molar-refractivity contribution in [3.63, 3.8) is 0 Å². The maximum Gasteiger partial charge on any atom is 0.228 e. The highest BCUT2D eigenvalue weighted by atomic mass is 16.1. The SMILES string of the molecule is CCCc1ccc(NC(=O)[C@@H]2CCCN(Cc3nc4ccccc4n3CC)C2)cc1. The Morgan fingerprint density at radius 1 is 1.13 bits per heavy atom. The predicted octanol–water partition coefficient (Wildman–Crippen LogP) is 4.86. The molecule has 1 amide bonds. The number of piperidine rings is 1. The molecule has 1 aliphatic heterocycles. The lowest BCUT2D eigenvalue weighted by molar-refractivity contribution is -0.121. The molecule has 0 bridgehead atoms. The highest BCUT2D eigenvalue weighted by Gasteiger charge is 2.27. The lowest BCUT2D eigenvalue weighted by atomic mass is 9.97. The van der Waals surface area contributed by atoms with Gasteiger partial charge in [0, 0.05) is 18.8 Å². The average Bonchev–Trinajstić information content (AvgIpc) is 3.12. The second-order valence-corrected chi connectivity index (χ2v) is 8.27. The number of amides is 1. The van der Waals surface area contributed by atoms with E-state index in [9.17, 15) is 4.79 Å². The Labute approximate surface area is 179 Å². The summed E-state index contributed by atoms with van der Waals surface area (Å²) in [7, 11) is 0. The van der Waals surface area contributed by atoms with Crippen LogP contribution in [-0.2, 0) is 24.3 Å². The number of fused-ring (bicyclic) bond motifs is 1. The van der Waals surface area contributed by atoms with E-state index in [1.54, 1.807) is 0 Å². The van der Waals surface area contributed by atoms with Crippen molar-refractivity contribution in [2.45, 2.75) is 52.6 Å². The molecule has 2 heterocycles. The van der Waals surface area contributed by atoms with Crippen LogP contribution in [0, 0.1) is 5.92 Å². The van der Waals surface area contributed by atoms with Crippen LogP contribution in [0.5, 0.6) is 0 Å². The number of hydrogen-bond donors (Lipinski definition) is 1. The summed E-state index contributed by atoms with van der Waals surface area (Å²) >= 11 is 0. The van der Waals surface area contributed by atoms with Crippen LogP contribution >= 0.6 is 0 Å². The van der Waals surface area contributed by atoms with Crippen molar-refractivity contribution in [3.05, 3.63) is 59.9 Å². The van der Waals surface area contributed by atoms with Gasteiger partial charge in [0.25, 0.3) is 0 Å². The number of benzene rings is 2. The summed E-state index contributed by atoms with van der Waals surface area (Å²) in [6, 6.07) is 16.6. The Bertz CT molecular complexity index is 992. The lowest BCUT2D eigenvalue weighted by Crippen LogP contribution is -2.40. The minimum atomic E-state index is 0.0218. The Morgan fingerprint density at radius 3 is 2.70 bits per heavy atom. The van der Waals surface area contributed by atoms with Crippen molar-refractivity contribution in [1.29, 1.82) is 0 Å². The van der Waals surface area contributed by atoms with Gasteiger partial charge in [-0.05, 0) is 62.6 Å². The van der Waals surface area contributed by atoms with Gasteiger partial charge in [0.05, 0.1) is 23.5 Å². The first-order valence-electron chi connectivity index (χ1n) is 11.2. The number of likely N-dealkylation sites (tertiary alicyclic amines) is 1. The van der Waals surface area contributed by atoms with Gasteiger partial charge in [-0.1, -0.05) is 37.6 Å². The maximum atomic E-state index is 12.9. The predicted molar refractivity (Wildman–Crippen MR) is 122 cm³/mol. The van der Waals surface area contributed by atoms with E-state index in [1.807, 2.05) is 18.2 Å². The Morgan fingerprint density at radius 2 is 1.93 bits per heavy atom. The Kier molecular flexibility index (Phi) is 6.48. The Balaban J connectivity index is 1.40. The summed E-state index contributed by atoms with van der Waals surface area (Å²) < 4.78 is 2.29. The number of carbonyl (C=O) groups excluding carboxylic acids is 1. The van der Waals surface area contributed by atoms with E-state index in [4.69, 9.17) is 4.98 Å². The smallest absolute Gasteiger partial charge is 0.228 e. The summed E-state index contributed by atoms with van der Waals surface area (Å²) in [5.74, 6) is 1.24. The second-order valence-electron chi connectivity index (χ2n) is 8.27. The second kappa shape index (κ2) is 9.43. The van der Waals surface area contributed by atoms with Crippen LogP contribution in [0.25, 0.3) is 11.0 Å². The van der Waals surface area contributed by atoms with Crippen LogP contribution < -0.4 is 5.32 Å². The first-order chi connectivity index (χ1) is 14.7. The fraction of sp³-hybridized carbons (Fsp3) is 0.440. The molecule has 30 heavy (non-hydrogen) atoms. The molecule has 0 radical (unpaired) electrons.